The molecule has 112 valence electrons. The van der Waals surface area contributed by atoms with Crippen LogP contribution in [0.2, 0.25) is 0 Å². The van der Waals surface area contributed by atoms with E-state index in [9.17, 15) is 13.2 Å². The minimum Gasteiger partial charge on any atom is -0.394 e. The first-order valence-electron chi connectivity index (χ1n) is 5.73. The second-order valence-electron chi connectivity index (χ2n) is 4.44. The zero-order valence-electron chi connectivity index (χ0n) is 11.2. The third kappa shape index (κ3) is 9.60. The highest BCUT2D eigenvalue weighted by Crippen LogP contribution is 2.08. The van der Waals surface area contributed by atoms with Crippen LogP contribution in [0.25, 0.3) is 0 Å². The molecule has 1 amide bonds. The van der Waals surface area contributed by atoms with E-state index in [4.69, 9.17) is 14.0 Å². The average molecular weight is 295 g/mol. The maximum Gasteiger partial charge on any atom is 0.269 e. The van der Waals surface area contributed by atoms with E-state index in [1.165, 1.54) is 0 Å². The van der Waals surface area contributed by atoms with Gasteiger partial charge in [0.2, 0.25) is 5.91 Å². The Morgan fingerprint density at radius 3 is 2.53 bits per heavy atom. The summed E-state index contributed by atoms with van der Waals surface area (Å²) in [5.41, 5.74) is -0.962. The van der Waals surface area contributed by atoms with Crippen LogP contribution in [0.3, 0.4) is 0 Å². The number of amides is 1. The highest BCUT2D eigenvalue weighted by molar-refractivity contribution is 7.86. The van der Waals surface area contributed by atoms with Gasteiger partial charge in [-0.2, -0.15) is 8.42 Å². The molecule has 0 saturated carbocycles. The predicted octanol–water partition coefficient (Wildman–Crippen LogP) is -0.577. The summed E-state index contributed by atoms with van der Waals surface area (Å²) in [6, 6.07) is 0. The van der Waals surface area contributed by atoms with Crippen LogP contribution in [-0.4, -0.2) is 57.2 Å². The number of aliphatic hydroxyl groups is 1. The standard InChI is InChI=1S/C11H21NO6S/c1-4-10(14)12-11(2,3)9-19(15,16)18-8-7-17-6-5-13/h4,13H,1,5-9H2,2-3H3,(H,12,14). The van der Waals surface area contributed by atoms with Crippen LogP contribution in [-0.2, 0) is 23.8 Å². The monoisotopic (exact) mass is 295 g/mol. The molecule has 0 rings (SSSR count). The van der Waals surface area contributed by atoms with Crippen molar-refractivity contribution in [3.05, 3.63) is 12.7 Å². The van der Waals surface area contributed by atoms with E-state index < -0.39 is 21.6 Å². The van der Waals surface area contributed by atoms with Crippen LogP contribution in [0.15, 0.2) is 12.7 Å². The zero-order chi connectivity index (χ0) is 14.9. The Morgan fingerprint density at radius 2 is 2.00 bits per heavy atom. The summed E-state index contributed by atoms with van der Waals surface area (Å²) in [5, 5.41) is 10.9. The Kier molecular flexibility index (Phi) is 7.84. The van der Waals surface area contributed by atoms with Crippen LogP contribution in [0.4, 0.5) is 0 Å². The molecule has 0 aliphatic rings. The van der Waals surface area contributed by atoms with Crippen molar-refractivity contribution in [1.82, 2.24) is 5.32 Å². The third-order valence-electron chi connectivity index (χ3n) is 1.91. The van der Waals surface area contributed by atoms with Gasteiger partial charge in [0.15, 0.2) is 0 Å². The van der Waals surface area contributed by atoms with Crippen LogP contribution in [0.1, 0.15) is 13.8 Å². The molecule has 2 N–H and O–H groups in total. The molecule has 0 unspecified atom stereocenters. The molecule has 0 aliphatic heterocycles. The largest absolute Gasteiger partial charge is 0.394 e. The van der Waals surface area contributed by atoms with Crippen molar-refractivity contribution < 1.29 is 27.2 Å². The van der Waals surface area contributed by atoms with Crippen molar-refractivity contribution in [2.45, 2.75) is 19.4 Å². The summed E-state index contributed by atoms with van der Waals surface area (Å²) in [6.07, 6.45) is 1.07. The molecule has 0 bridgehead atoms. The van der Waals surface area contributed by atoms with Gasteiger partial charge in [-0.3, -0.25) is 8.98 Å². The maximum absolute atomic E-state index is 11.6. The lowest BCUT2D eigenvalue weighted by atomic mass is 10.1. The maximum atomic E-state index is 11.6. The van der Waals surface area contributed by atoms with Crippen molar-refractivity contribution in [3.63, 3.8) is 0 Å². The summed E-state index contributed by atoms with van der Waals surface area (Å²) >= 11 is 0. The number of carbonyl (C=O) groups is 1. The Balaban J connectivity index is 4.20. The van der Waals surface area contributed by atoms with E-state index in [-0.39, 0.29) is 32.2 Å². The number of hydrogen-bond donors (Lipinski definition) is 2. The van der Waals surface area contributed by atoms with Gasteiger partial charge in [-0.25, -0.2) is 0 Å². The molecule has 0 fully saturated rings. The SMILES string of the molecule is C=CC(=O)NC(C)(C)CS(=O)(=O)OCCOCCO. The molecule has 0 aromatic carbocycles. The van der Waals surface area contributed by atoms with Gasteiger partial charge in [0.25, 0.3) is 10.1 Å². The first-order chi connectivity index (χ1) is 8.72. The molecule has 0 spiro atoms. The lowest BCUT2D eigenvalue weighted by molar-refractivity contribution is -0.117. The Morgan fingerprint density at radius 1 is 1.37 bits per heavy atom. The van der Waals surface area contributed by atoms with Gasteiger partial charge in [-0.1, -0.05) is 6.58 Å². The molecule has 19 heavy (non-hydrogen) atoms. The van der Waals surface area contributed by atoms with E-state index in [0.29, 0.717) is 0 Å². The number of nitrogens with one attached hydrogen (secondary N) is 1. The van der Waals surface area contributed by atoms with Crippen molar-refractivity contribution in [2.24, 2.45) is 0 Å². The minimum atomic E-state index is -3.77. The molecule has 8 heteroatoms. The van der Waals surface area contributed by atoms with Crippen LogP contribution < -0.4 is 5.32 Å². The van der Waals surface area contributed by atoms with Crippen molar-refractivity contribution in [2.75, 3.05) is 32.2 Å². The highest BCUT2D eigenvalue weighted by Gasteiger charge is 2.27. The lowest BCUT2D eigenvalue weighted by Gasteiger charge is -2.24. The molecule has 0 aromatic rings. The van der Waals surface area contributed by atoms with Gasteiger partial charge < -0.3 is 15.2 Å². The predicted molar refractivity (Wildman–Crippen MR) is 70.1 cm³/mol. The number of ether oxygens (including phenoxy) is 1. The Labute approximate surface area is 113 Å². The van der Waals surface area contributed by atoms with Crippen LogP contribution in [0, 0.1) is 0 Å². The summed E-state index contributed by atoms with van der Waals surface area (Å²) in [4.78, 5) is 11.1. The molecule has 0 aliphatic carbocycles. The topological polar surface area (TPSA) is 102 Å². The number of aliphatic hydroxyl groups excluding tert-OH is 1. The van der Waals surface area contributed by atoms with E-state index in [1.807, 2.05) is 0 Å². The normalized spacial score (nSPS) is 12.2. The van der Waals surface area contributed by atoms with E-state index in [2.05, 4.69) is 11.9 Å². The smallest absolute Gasteiger partial charge is 0.269 e. The van der Waals surface area contributed by atoms with Crippen LogP contribution >= 0.6 is 0 Å². The van der Waals surface area contributed by atoms with Crippen molar-refractivity contribution in [3.8, 4) is 0 Å². The Hall–Kier alpha value is -0.960. The molecular weight excluding hydrogens is 274 g/mol. The molecule has 0 atom stereocenters. The van der Waals surface area contributed by atoms with E-state index in [1.54, 1.807) is 13.8 Å². The summed E-state index contributed by atoms with van der Waals surface area (Å²) < 4.78 is 32.9. The highest BCUT2D eigenvalue weighted by atomic mass is 32.2. The second kappa shape index (κ2) is 8.26. The molecule has 0 heterocycles. The minimum absolute atomic E-state index is 0.0687. The van der Waals surface area contributed by atoms with E-state index in [0.717, 1.165) is 6.08 Å². The van der Waals surface area contributed by atoms with E-state index >= 15 is 0 Å². The first-order valence-corrected chi connectivity index (χ1v) is 7.30. The molecule has 7 nitrogen and oxygen atoms in total. The number of rotatable bonds is 10. The fourth-order valence-electron chi connectivity index (χ4n) is 1.29. The van der Waals surface area contributed by atoms with Gasteiger partial charge in [0.1, 0.15) is 0 Å². The summed E-state index contributed by atoms with van der Waals surface area (Å²) in [7, 11) is -3.77. The first kappa shape index (κ1) is 18.0. The number of hydrogen-bond acceptors (Lipinski definition) is 6. The summed E-state index contributed by atoms with van der Waals surface area (Å²) in [6.45, 7) is 6.36. The molecule has 0 aromatic heterocycles. The van der Waals surface area contributed by atoms with Gasteiger partial charge in [-0.05, 0) is 19.9 Å². The van der Waals surface area contributed by atoms with Gasteiger partial charge in [0.05, 0.1) is 37.7 Å². The lowest BCUT2D eigenvalue weighted by Crippen LogP contribution is -2.48. The van der Waals surface area contributed by atoms with Gasteiger partial charge in [0, 0.05) is 0 Å². The van der Waals surface area contributed by atoms with Crippen molar-refractivity contribution >= 4 is 16.0 Å². The van der Waals surface area contributed by atoms with Crippen LogP contribution in [0.5, 0.6) is 0 Å². The molecule has 0 saturated heterocycles. The number of carbonyl (C=O) groups excluding carboxylic acids is 1. The average Bonchev–Trinajstić information content (AvgIpc) is 2.26. The summed E-state index contributed by atoms with van der Waals surface area (Å²) in [5.74, 6) is -0.814. The molecular formula is C11H21NO6S. The van der Waals surface area contributed by atoms with Gasteiger partial charge >= 0.3 is 0 Å². The molecule has 0 radical (unpaired) electrons. The fourth-order valence-corrected chi connectivity index (χ4v) is 2.65. The Bertz CT molecular complexity index is 390. The van der Waals surface area contributed by atoms with Gasteiger partial charge in [-0.15, -0.1) is 0 Å². The zero-order valence-corrected chi connectivity index (χ0v) is 12.0. The van der Waals surface area contributed by atoms with Crippen molar-refractivity contribution in [1.29, 1.82) is 0 Å². The fraction of sp³-hybridized carbons (Fsp3) is 0.727. The quantitative estimate of drug-likeness (QED) is 0.318. The second-order valence-corrected chi connectivity index (χ2v) is 6.08. The third-order valence-corrected chi connectivity index (χ3v) is 3.51.